The lowest BCUT2D eigenvalue weighted by Crippen LogP contribution is -2.44. The molecule has 0 fully saturated rings. The van der Waals surface area contributed by atoms with Crippen LogP contribution in [0.1, 0.15) is 73.6 Å². The zero-order valence-electron chi connectivity index (χ0n) is 21.6. The molecular formula is C25H39N5O4. The van der Waals surface area contributed by atoms with Gasteiger partial charge in [-0.2, -0.15) is 5.10 Å². The van der Waals surface area contributed by atoms with Crippen LogP contribution in [-0.2, 0) is 9.53 Å². The van der Waals surface area contributed by atoms with E-state index in [0.29, 0.717) is 43.2 Å². The van der Waals surface area contributed by atoms with Crippen LogP contribution in [0, 0.1) is 5.41 Å². The molecule has 0 aromatic carbocycles. The number of aliphatic hydroxyl groups excluding tert-OH is 1. The summed E-state index contributed by atoms with van der Waals surface area (Å²) in [6.45, 7) is 12.2. The van der Waals surface area contributed by atoms with E-state index in [9.17, 15) is 14.7 Å². The molecule has 34 heavy (non-hydrogen) atoms. The van der Waals surface area contributed by atoms with Crippen molar-refractivity contribution in [1.82, 2.24) is 14.7 Å². The van der Waals surface area contributed by atoms with E-state index in [1.165, 1.54) is 4.90 Å². The van der Waals surface area contributed by atoms with Crippen LogP contribution in [0.2, 0.25) is 0 Å². The minimum atomic E-state index is -0.628. The molecule has 0 atom stereocenters. The monoisotopic (exact) mass is 473 g/mol. The third kappa shape index (κ3) is 7.81. The number of ether oxygens (including phenoxy) is 1. The highest BCUT2D eigenvalue weighted by molar-refractivity contribution is 6.22. The third-order valence-corrected chi connectivity index (χ3v) is 5.37. The molecule has 0 unspecified atom stereocenters. The van der Waals surface area contributed by atoms with Crippen LogP contribution in [0.5, 0.6) is 0 Å². The number of unbranched alkanes of at least 4 members (excludes halogenated alkanes) is 2. The van der Waals surface area contributed by atoms with Crippen molar-refractivity contribution in [3.8, 4) is 0 Å². The lowest BCUT2D eigenvalue weighted by atomic mass is 9.76. The fraction of sp³-hybridized carbons (Fsp3) is 0.640. The molecule has 1 aliphatic carbocycles. The van der Waals surface area contributed by atoms with Crippen LogP contribution < -0.4 is 0 Å². The highest BCUT2D eigenvalue weighted by Crippen LogP contribution is 2.36. The van der Waals surface area contributed by atoms with Crippen LogP contribution in [0.3, 0.4) is 0 Å². The van der Waals surface area contributed by atoms with Gasteiger partial charge in [-0.05, 0) is 58.4 Å². The number of nitrogens with zero attached hydrogens (tertiary/aromatic N) is 5. The number of Topliss-reactive ketones (excluding diaryl/α,β-unsaturated/α-hetero) is 1. The van der Waals surface area contributed by atoms with Gasteiger partial charge in [0.25, 0.3) is 0 Å². The number of allylic oxidation sites excluding steroid dienone is 2. The van der Waals surface area contributed by atoms with E-state index in [4.69, 9.17) is 4.74 Å². The Kier molecular flexibility index (Phi) is 9.18. The van der Waals surface area contributed by atoms with Gasteiger partial charge in [0.1, 0.15) is 11.4 Å². The molecule has 1 aromatic rings. The maximum atomic E-state index is 12.8. The first-order valence-electron chi connectivity index (χ1n) is 11.8. The van der Waals surface area contributed by atoms with E-state index >= 15 is 0 Å². The summed E-state index contributed by atoms with van der Waals surface area (Å²) < 4.78 is 7.12. The van der Waals surface area contributed by atoms with E-state index in [2.05, 4.69) is 15.1 Å². The van der Waals surface area contributed by atoms with Gasteiger partial charge in [-0.15, -0.1) is 0 Å². The summed E-state index contributed by atoms with van der Waals surface area (Å²) in [5.41, 5.74) is 0.115. The number of hydrogen-bond donors (Lipinski definition) is 1. The van der Waals surface area contributed by atoms with Crippen LogP contribution in [0.15, 0.2) is 39.8 Å². The maximum absolute atomic E-state index is 12.8. The molecule has 0 spiro atoms. The SMILES string of the molecule is CN=C(N(CCCCCN=C(C)C1=C(O)CC(C)(C)CC1=O)C(=O)OC(C)(C)C)n1cccn1. The second-order valence-electron chi connectivity index (χ2n) is 10.4. The van der Waals surface area contributed by atoms with Gasteiger partial charge in [0.15, 0.2) is 5.78 Å². The smallest absolute Gasteiger partial charge is 0.417 e. The quantitative estimate of drug-likeness (QED) is 0.348. The summed E-state index contributed by atoms with van der Waals surface area (Å²) in [6, 6.07) is 1.77. The molecule has 0 aliphatic heterocycles. The Morgan fingerprint density at radius 3 is 2.53 bits per heavy atom. The number of aliphatic hydroxyl groups is 1. The number of aromatic nitrogens is 2. The molecule has 1 aromatic heterocycles. The average molecular weight is 474 g/mol. The number of ketones is 1. The lowest BCUT2D eigenvalue weighted by Gasteiger charge is -2.29. The average Bonchev–Trinajstić information content (AvgIpc) is 3.21. The Balaban J connectivity index is 1.95. The second-order valence-corrected chi connectivity index (χ2v) is 10.4. The first-order chi connectivity index (χ1) is 15.8. The van der Waals surface area contributed by atoms with Gasteiger partial charge >= 0.3 is 6.09 Å². The lowest BCUT2D eigenvalue weighted by molar-refractivity contribution is -0.117. The minimum Gasteiger partial charge on any atom is -0.511 e. The Labute approximate surface area is 202 Å². The van der Waals surface area contributed by atoms with Gasteiger partial charge in [-0.1, -0.05) is 13.8 Å². The molecule has 1 N–H and O–H groups in total. The normalized spacial score (nSPS) is 17.2. The van der Waals surface area contributed by atoms with E-state index < -0.39 is 11.7 Å². The third-order valence-electron chi connectivity index (χ3n) is 5.37. The summed E-state index contributed by atoms with van der Waals surface area (Å²) in [4.78, 5) is 35.6. The number of amides is 1. The highest BCUT2D eigenvalue weighted by atomic mass is 16.6. The molecule has 1 aliphatic rings. The Hall–Kier alpha value is -2.97. The first kappa shape index (κ1) is 27.3. The van der Waals surface area contributed by atoms with Gasteiger partial charge < -0.3 is 9.84 Å². The standard InChI is InChI=1S/C25H39N5O4/c1-18(21-19(31)16-25(5,6)17-20(21)32)27-12-9-8-10-14-29(23(33)34-24(2,3)4)22(26-7)30-15-11-13-28-30/h11,13,15,31H,8-10,12,14,16-17H2,1-7H3. The zero-order valence-corrected chi connectivity index (χ0v) is 21.6. The van der Waals surface area contributed by atoms with Gasteiger partial charge in [0, 0.05) is 51.1 Å². The van der Waals surface area contributed by atoms with E-state index in [-0.39, 0.29) is 17.0 Å². The van der Waals surface area contributed by atoms with Crippen molar-refractivity contribution in [2.45, 2.75) is 79.2 Å². The van der Waals surface area contributed by atoms with Crippen molar-refractivity contribution < 1.29 is 19.4 Å². The topological polar surface area (TPSA) is 109 Å². The maximum Gasteiger partial charge on any atom is 0.417 e. The molecule has 0 bridgehead atoms. The van der Waals surface area contributed by atoms with Crippen molar-refractivity contribution in [3.05, 3.63) is 29.8 Å². The number of rotatable bonds is 7. The first-order valence-corrected chi connectivity index (χ1v) is 11.8. The molecular weight excluding hydrogens is 434 g/mol. The van der Waals surface area contributed by atoms with Crippen molar-refractivity contribution >= 4 is 23.5 Å². The van der Waals surface area contributed by atoms with Gasteiger partial charge in [-0.25, -0.2) is 14.4 Å². The predicted octanol–water partition coefficient (Wildman–Crippen LogP) is 4.79. The number of carbonyl (C=O) groups excluding carboxylic acids is 2. The predicted molar refractivity (Wildman–Crippen MR) is 133 cm³/mol. The van der Waals surface area contributed by atoms with Gasteiger partial charge in [-0.3, -0.25) is 14.8 Å². The zero-order chi connectivity index (χ0) is 25.5. The fourth-order valence-corrected chi connectivity index (χ4v) is 3.91. The largest absolute Gasteiger partial charge is 0.511 e. The van der Waals surface area contributed by atoms with E-state index in [0.717, 1.165) is 19.3 Å². The minimum absolute atomic E-state index is 0.0481. The molecule has 9 nitrogen and oxygen atoms in total. The highest BCUT2D eigenvalue weighted by Gasteiger charge is 2.34. The molecule has 1 amide bonds. The van der Waals surface area contributed by atoms with Crippen LogP contribution in [0.4, 0.5) is 4.79 Å². The van der Waals surface area contributed by atoms with Crippen molar-refractivity contribution in [2.24, 2.45) is 15.4 Å². The molecule has 0 saturated carbocycles. The Morgan fingerprint density at radius 2 is 1.97 bits per heavy atom. The fourth-order valence-electron chi connectivity index (χ4n) is 3.91. The number of hydrogen-bond acceptors (Lipinski definition) is 7. The van der Waals surface area contributed by atoms with Gasteiger partial charge in [0.05, 0.1) is 5.57 Å². The summed E-state index contributed by atoms with van der Waals surface area (Å²) in [5, 5.41) is 14.5. The van der Waals surface area contributed by atoms with Crippen molar-refractivity contribution in [1.29, 1.82) is 0 Å². The van der Waals surface area contributed by atoms with Crippen LogP contribution in [0.25, 0.3) is 0 Å². The number of carbonyl (C=O) groups is 2. The van der Waals surface area contributed by atoms with E-state index in [1.807, 2.05) is 34.6 Å². The van der Waals surface area contributed by atoms with E-state index in [1.54, 1.807) is 37.1 Å². The molecule has 188 valence electrons. The Morgan fingerprint density at radius 1 is 1.26 bits per heavy atom. The molecule has 9 heteroatoms. The molecule has 1 heterocycles. The number of aliphatic imine (C=N–C) groups is 2. The second kappa shape index (κ2) is 11.4. The van der Waals surface area contributed by atoms with Crippen LogP contribution in [-0.4, -0.2) is 69.1 Å². The molecule has 2 rings (SSSR count). The summed E-state index contributed by atoms with van der Waals surface area (Å²) in [6.07, 6.45) is 6.11. The Bertz CT molecular complexity index is 952. The van der Waals surface area contributed by atoms with Gasteiger partial charge in [0.2, 0.25) is 5.96 Å². The summed E-state index contributed by atoms with van der Waals surface area (Å²) >= 11 is 0. The molecule has 0 radical (unpaired) electrons. The summed E-state index contributed by atoms with van der Waals surface area (Å²) in [5.74, 6) is 0.489. The molecule has 0 saturated heterocycles. The van der Waals surface area contributed by atoms with Crippen molar-refractivity contribution in [3.63, 3.8) is 0 Å². The van der Waals surface area contributed by atoms with Crippen molar-refractivity contribution in [2.75, 3.05) is 20.1 Å². The van der Waals surface area contributed by atoms with Crippen LogP contribution >= 0.6 is 0 Å². The summed E-state index contributed by atoms with van der Waals surface area (Å²) in [7, 11) is 1.61.